The molecule has 1 aliphatic heterocycles. The molecule has 0 unspecified atom stereocenters. The van der Waals surface area contributed by atoms with Crippen LogP contribution in [0.3, 0.4) is 0 Å². The highest BCUT2D eigenvalue weighted by atomic mass is 16.5. The molecule has 0 atom stereocenters. The molecule has 1 fully saturated rings. The lowest BCUT2D eigenvalue weighted by Crippen LogP contribution is -3.12. The lowest BCUT2D eigenvalue weighted by Gasteiger charge is -2.32. The molecule has 0 saturated carbocycles. The van der Waals surface area contributed by atoms with Crippen LogP contribution in [0, 0.1) is 0 Å². The van der Waals surface area contributed by atoms with Gasteiger partial charge in [-0.15, -0.1) is 0 Å². The van der Waals surface area contributed by atoms with Crippen molar-refractivity contribution in [3.8, 4) is 11.3 Å². The number of H-pyrrole nitrogens is 1. The van der Waals surface area contributed by atoms with Crippen molar-refractivity contribution < 1.29 is 9.64 Å². The Kier molecular flexibility index (Phi) is 3.77. The number of nitrogens with zero attached hydrogens (tertiary/aromatic N) is 1. The van der Waals surface area contributed by atoms with Crippen molar-refractivity contribution in [1.82, 2.24) is 9.97 Å². The number of hydrogen-bond donors (Lipinski definition) is 2. The summed E-state index contributed by atoms with van der Waals surface area (Å²) in [7, 11) is 0. The van der Waals surface area contributed by atoms with E-state index in [0.717, 1.165) is 61.9 Å². The van der Waals surface area contributed by atoms with Crippen LogP contribution in [0.4, 0.5) is 0 Å². The summed E-state index contributed by atoms with van der Waals surface area (Å²) < 4.78 is 5.41. The van der Waals surface area contributed by atoms with E-state index < -0.39 is 0 Å². The summed E-state index contributed by atoms with van der Waals surface area (Å²) in [6.45, 7) is 8.48. The van der Waals surface area contributed by atoms with Crippen molar-refractivity contribution >= 4 is 0 Å². The van der Waals surface area contributed by atoms with E-state index in [4.69, 9.17) is 9.72 Å². The molecule has 0 spiro atoms. The highest BCUT2D eigenvalue weighted by Crippen LogP contribution is 2.39. The van der Waals surface area contributed by atoms with E-state index in [1.54, 1.807) is 0 Å². The second-order valence-electron chi connectivity index (χ2n) is 7.49. The van der Waals surface area contributed by atoms with Crippen molar-refractivity contribution in [3.05, 3.63) is 51.6 Å². The minimum atomic E-state index is -0.200. The fourth-order valence-corrected chi connectivity index (χ4v) is 3.97. The summed E-state index contributed by atoms with van der Waals surface area (Å²) >= 11 is 0. The molecule has 0 bridgehead atoms. The van der Waals surface area contributed by atoms with Crippen LogP contribution in [0.25, 0.3) is 11.3 Å². The number of aromatic amines is 1. The van der Waals surface area contributed by atoms with Gasteiger partial charge in [-0.1, -0.05) is 38.1 Å². The topological polar surface area (TPSA) is 59.4 Å². The summed E-state index contributed by atoms with van der Waals surface area (Å²) in [5, 5.41) is 0. The number of fused-ring (bicyclic) bond motifs is 3. The van der Waals surface area contributed by atoms with Gasteiger partial charge in [-0.3, -0.25) is 4.79 Å². The van der Waals surface area contributed by atoms with Gasteiger partial charge in [-0.25, -0.2) is 4.98 Å². The quantitative estimate of drug-likeness (QED) is 0.853. The highest BCUT2D eigenvalue weighted by Gasteiger charge is 2.35. The molecule has 126 valence electrons. The lowest BCUT2D eigenvalue weighted by molar-refractivity contribution is -0.922. The standard InChI is InChI=1S/C19H23N3O2/c1-19(2)11-13-5-3-4-6-14(13)17-16(19)18(23)21-15(20-17)12-22-7-9-24-10-8-22/h3-6H,7-12H2,1-2H3,(H,20,21,23)/p+1. The Hall–Kier alpha value is -1.98. The van der Waals surface area contributed by atoms with E-state index in [9.17, 15) is 4.79 Å². The average Bonchev–Trinajstić information content (AvgIpc) is 2.54. The van der Waals surface area contributed by atoms with Crippen LogP contribution in [0.5, 0.6) is 0 Å². The monoisotopic (exact) mass is 326 g/mol. The Morgan fingerprint density at radius 2 is 2.00 bits per heavy atom. The molecular weight excluding hydrogens is 302 g/mol. The van der Waals surface area contributed by atoms with Crippen LogP contribution < -0.4 is 10.5 Å². The number of hydrogen-bond acceptors (Lipinski definition) is 3. The molecule has 5 heteroatoms. The van der Waals surface area contributed by atoms with E-state index in [2.05, 4.69) is 37.0 Å². The van der Waals surface area contributed by atoms with Gasteiger partial charge >= 0.3 is 0 Å². The fraction of sp³-hybridized carbons (Fsp3) is 0.474. The number of rotatable bonds is 2. The molecule has 1 aromatic carbocycles. The van der Waals surface area contributed by atoms with Crippen LogP contribution in [0.1, 0.15) is 30.8 Å². The summed E-state index contributed by atoms with van der Waals surface area (Å²) in [6.07, 6.45) is 0.870. The van der Waals surface area contributed by atoms with Gasteiger partial charge in [0.2, 0.25) is 0 Å². The SMILES string of the molecule is CC1(C)Cc2ccccc2-c2nc(C[NH+]3CCOCC3)[nH]c(=O)c21. The maximum atomic E-state index is 12.8. The van der Waals surface area contributed by atoms with Crippen molar-refractivity contribution in [3.63, 3.8) is 0 Å². The maximum absolute atomic E-state index is 12.8. The lowest BCUT2D eigenvalue weighted by atomic mass is 9.72. The van der Waals surface area contributed by atoms with Gasteiger partial charge in [0.05, 0.1) is 18.9 Å². The zero-order chi connectivity index (χ0) is 16.7. The molecule has 2 heterocycles. The van der Waals surface area contributed by atoms with Crippen LogP contribution in [-0.4, -0.2) is 36.3 Å². The third-order valence-electron chi connectivity index (χ3n) is 5.17. The first-order valence-electron chi connectivity index (χ1n) is 8.68. The largest absolute Gasteiger partial charge is 0.370 e. The molecule has 24 heavy (non-hydrogen) atoms. The predicted molar refractivity (Wildman–Crippen MR) is 92.2 cm³/mol. The third-order valence-corrected chi connectivity index (χ3v) is 5.17. The fourth-order valence-electron chi connectivity index (χ4n) is 3.97. The van der Waals surface area contributed by atoms with Crippen molar-refractivity contribution in [2.45, 2.75) is 32.2 Å². The van der Waals surface area contributed by atoms with E-state index in [-0.39, 0.29) is 11.0 Å². The number of nitrogens with one attached hydrogen (secondary N) is 2. The molecule has 0 radical (unpaired) electrons. The van der Waals surface area contributed by atoms with Gasteiger partial charge in [-0.05, 0) is 12.0 Å². The minimum Gasteiger partial charge on any atom is -0.370 e. The molecule has 1 saturated heterocycles. The third kappa shape index (κ3) is 2.68. The molecule has 4 rings (SSSR count). The molecule has 2 N–H and O–H groups in total. The van der Waals surface area contributed by atoms with E-state index in [0.29, 0.717) is 0 Å². The first-order valence-corrected chi connectivity index (χ1v) is 8.68. The number of benzene rings is 1. The van der Waals surface area contributed by atoms with Crippen molar-refractivity contribution in [1.29, 1.82) is 0 Å². The molecule has 2 aliphatic rings. The van der Waals surface area contributed by atoms with Gasteiger partial charge in [0.1, 0.15) is 19.6 Å². The van der Waals surface area contributed by atoms with Gasteiger partial charge in [0, 0.05) is 16.5 Å². The highest BCUT2D eigenvalue weighted by molar-refractivity contribution is 5.71. The minimum absolute atomic E-state index is 0.0159. The Balaban J connectivity index is 1.80. The van der Waals surface area contributed by atoms with Gasteiger partial charge in [-0.2, -0.15) is 0 Å². The Bertz CT molecular complexity index is 820. The Morgan fingerprint density at radius 1 is 1.25 bits per heavy atom. The average molecular weight is 326 g/mol. The predicted octanol–water partition coefficient (Wildman–Crippen LogP) is 0.686. The molecule has 2 aromatic rings. The normalized spacial score (nSPS) is 19.6. The zero-order valence-electron chi connectivity index (χ0n) is 14.3. The molecule has 5 nitrogen and oxygen atoms in total. The Labute approximate surface area is 141 Å². The molecule has 1 aromatic heterocycles. The van der Waals surface area contributed by atoms with E-state index >= 15 is 0 Å². The van der Waals surface area contributed by atoms with E-state index in [1.807, 2.05) is 6.07 Å². The molecule has 1 aliphatic carbocycles. The van der Waals surface area contributed by atoms with Crippen LogP contribution in [0.2, 0.25) is 0 Å². The van der Waals surface area contributed by atoms with Gasteiger partial charge in [0.25, 0.3) is 5.56 Å². The molecule has 0 amide bonds. The van der Waals surface area contributed by atoms with Crippen molar-refractivity contribution in [2.24, 2.45) is 0 Å². The summed E-state index contributed by atoms with van der Waals surface area (Å²) in [5.41, 5.74) is 3.89. The molecular formula is C19H24N3O2+. The van der Waals surface area contributed by atoms with Crippen LogP contribution in [0.15, 0.2) is 29.1 Å². The van der Waals surface area contributed by atoms with Crippen molar-refractivity contribution in [2.75, 3.05) is 26.3 Å². The smallest absolute Gasteiger partial charge is 0.255 e. The van der Waals surface area contributed by atoms with Crippen LogP contribution in [-0.2, 0) is 23.1 Å². The van der Waals surface area contributed by atoms with Crippen LogP contribution >= 0.6 is 0 Å². The van der Waals surface area contributed by atoms with Gasteiger partial charge in [0.15, 0.2) is 5.82 Å². The first-order chi connectivity index (χ1) is 11.5. The number of quaternary nitrogens is 1. The van der Waals surface area contributed by atoms with Gasteiger partial charge < -0.3 is 14.6 Å². The summed E-state index contributed by atoms with van der Waals surface area (Å²) in [5.74, 6) is 0.781. The maximum Gasteiger partial charge on any atom is 0.255 e. The first kappa shape index (κ1) is 15.5. The zero-order valence-corrected chi connectivity index (χ0v) is 14.3. The number of morpholine rings is 1. The second kappa shape index (κ2) is 5.83. The summed E-state index contributed by atoms with van der Waals surface area (Å²) in [6, 6.07) is 8.32. The Morgan fingerprint density at radius 3 is 2.79 bits per heavy atom. The summed E-state index contributed by atoms with van der Waals surface area (Å²) in [4.78, 5) is 22.2. The number of aromatic nitrogens is 2. The van der Waals surface area contributed by atoms with E-state index in [1.165, 1.54) is 10.5 Å². The second-order valence-corrected chi connectivity index (χ2v) is 7.49. The number of ether oxygens (including phenoxy) is 1.